The van der Waals surface area contributed by atoms with Crippen molar-refractivity contribution in [2.24, 2.45) is 0 Å². The minimum absolute atomic E-state index is 0.0125. The number of carbonyl (C=O) groups excluding carboxylic acids is 1. The van der Waals surface area contributed by atoms with Crippen molar-refractivity contribution in [1.82, 2.24) is 0 Å². The number of esters is 1. The van der Waals surface area contributed by atoms with Crippen LogP contribution in [0.4, 0.5) is 11.4 Å². The number of benzene rings is 1. The third-order valence-corrected chi connectivity index (χ3v) is 2.34. The molecule has 8 nitrogen and oxygen atoms in total. The van der Waals surface area contributed by atoms with Crippen molar-refractivity contribution in [3.8, 4) is 0 Å². The van der Waals surface area contributed by atoms with Crippen LogP contribution in [-0.4, -0.2) is 34.3 Å². The van der Waals surface area contributed by atoms with Crippen LogP contribution in [0.5, 0.6) is 0 Å². The molecule has 8 heteroatoms. The maximum Gasteiger partial charge on any atom is 0.337 e. The minimum atomic E-state index is -1.81. The number of ether oxygens (including phenoxy) is 1. The molecule has 0 bridgehead atoms. The van der Waals surface area contributed by atoms with Crippen LogP contribution in [-0.2, 0) is 9.53 Å². The lowest BCUT2D eigenvalue weighted by Crippen LogP contribution is -2.29. The number of aliphatic hydroxyl groups excluding tert-OH is 2. The second-order valence-electron chi connectivity index (χ2n) is 3.48. The Labute approximate surface area is 102 Å². The maximum atomic E-state index is 11.0. The van der Waals surface area contributed by atoms with Crippen LogP contribution in [0, 0.1) is 10.1 Å². The molecule has 1 aromatic carbocycles. The summed E-state index contributed by atoms with van der Waals surface area (Å²) in [6, 6.07) is 3.31. The zero-order chi connectivity index (χ0) is 13.9. The summed E-state index contributed by atoms with van der Waals surface area (Å²) < 4.78 is 4.26. The fourth-order valence-electron chi connectivity index (χ4n) is 1.36. The van der Waals surface area contributed by atoms with Crippen molar-refractivity contribution in [1.29, 1.82) is 0 Å². The molecule has 0 amide bonds. The molecule has 98 valence electrons. The molecule has 0 saturated carbocycles. The summed E-state index contributed by atoms with van der Waals surface area (Å²) in [5.74, 6) is -1.03. The van der Waals surface area contributed by atoms with E-state index in [0.717, 1.165) is 19.2 Å². The first kappa shape index (κ1) is 13.9. The van der Waals surface area contributed by atoms with Crippen molar-refractivity contribution in [2.75, 3.05) is 12.8 Å². The number of nitrogen functional groups attached to an aromatic ring is 1. The third kappa shape index (κ3) is 2.73. The average Bonchev–Trinajstić information content (AvgIpc) is 2.35. The fraction of sp³-hybridized carbons (Fsp3) is 0.300. The van der Waals surface area contributed by atoms with E-state index in [1.165, 1.54) is 6.07 Å². The topological polar surface area (TPSA) is 136 Å². The summed E-state index contributed by atoms with van der Waals surface area (Å²) in [6.07, 6.45) is -3.42. The molecule has 0 aliphatic carbocycles. The van der Waals surface area contributed by atoms with E-state index in [-0.39, 0.29) is 16.9 Å². The summed E-state index contributed by atoms with van der Waals surface area (Å²) in [7, 11) is 1.05. The Morgan fingerprint density at radius 1 is 1.50 bits per heavy atom. The predicted molar refractivity (Wildman–Crippen MR) is 60.5 cm³/mol. The molecule has 2 unspecified atom stereocenters. The number of aliphatic hydroxyl groups is 2. The van der Waals surface area contributed by atoms with E-state index < -0.39 is 23.1 Å². The number of rotatable bonds is 4. The van der Waals surface area contributed by atoms with Crippen LogP contribution < -0.4 is 5.73 Å². The Morgan fingerprint density at radius 3 is 2.56 bits per heavy atom. The number of nitro groups is 1. The summed E-state index contributed by atoms with van der Waals surface area (Å²) in [4.78, 5) is 20.9. The van der Waals surface area contributed by atoms with Gasteiger partial charge in [0, 0.05) is 23.4 Å². The van der Waals surface area contributed by atoms with E-state index in [1.54, 1.807) is 0 Å². The van der Waals surface area contributed by atoms with Crippen molar-refractivity contribution in [3.05, 3.63) is 33.9 Å². The quantitative estimate of drug-likeness (QED) is 0.292. The molecule has 0 spiro atoms. The van der Waals surface area contributed by atoms with Crippen LogP contribution in [0.2, 0.25) is 0 Å². The summed E-state index contributed by atoms with van der Waals surface area (Å²) in [5.41, 5.74) is 5.17. The largest absolute Gasteiger partial charge is 0.467 e. The van der Waals surface area contributed by atoms with Gasteiger partial charge in [-0.25, -0.2) is 4.79 Å². The van der Waals surface area contributed by atoms with Gasteiger partial charge in [-0.05, 0) is 6.07 Å². The van der Waals surface area contributed by atoms with Gasteiger partial charge in [-0.2, -0.15) is 0 Å². The van der Waals surface area contributed by atoms with Gasteiger partial charge in [0.15, 0.2) is 6.10 Å². The molecule has 0 aromatic heterocycles. The van der Waals surface area contributed by atoms with Crippen molar-refractivity contribution >= 4 is 17.3 Å². The number of nitrogens with two attached hydrogens (primary N) is 1. The highest BCUT2D eigenvalue weighted by Crippen LogP contribution is 2.27. The van der Waals surface area contributed by atoms with Gasteiger partial charge in [0.25, 0.3) is 5.69 Å². The molecular weight excluding hydrogens is 244 g/mol. The van der Waals surface area contributed by atoms with Crippen LogP contribution >= 0.6 is 0 Å². The summed E-state index contributed by atoms with van der Waals surface area (Å²) in [5, 5.41) is 29.6. The Hall–Kier alpha value is -2.19. The Bertz CT molecular complexity index is 475. The van der Waals surface area contributed by atoms with E-state index >= 15 is 0 Å². The first-order chi connectivity index (χ1) is 8.38. The molecule has 0 aliphatic heterocycles. The first-order valence-corrected chi connectivity index (χ1v) is 4.86. The first-order valence-electron chi connectivity index (χ1n) is 4.86. The number of hydrogen-bond acceptors (Lipinski definition) is 7. The van der Waals surface area contributed by atoms with Gasteiger partial charge in [0.1, 0.15) is 6.10 Å². The van der Waals surface area contributed by atoms with E-state index in [0.29, 0.717) is 0 Å². The van der Waals surface area contributed by atoms with Crippen LogP contribution in [0.25, 0.3) is 0 Å². The molecule has 0 aliphatic rings. The molecule has 0 heterocycles. The van der Waals surface area contributed by atoms with Crippen LogP contribution in [0.3, 0.4) is 0 Å². The molecular formula is C10H12N2O6. The Balaban J connectivity index is 3.03. The fourth-order valence-corrected chi connectivity index (χ4v) is 1.36. The smallest absolute Gasteiger partial charge is 0.337 e. The van der Waals surface area contributed by atoms with Gasteiger partial charge in [-0.1, -0.05) is 0 Å². The van der Waals surface area contributed by atoms with Gasteiger partial charge >= 0.3 is 5.97 Å². The molecule has 1 aromatic rings. The van der Waals surface area contributed by atoms with Gasteiger partial charge in [0.05, 0.1) is 12.0 Å². The van der Waals surface area contributed by atoms with E-state index in [4.69, 9.17) is 5.73 Å². The lowest BCUT2D eigenvalue weighted by Gasteiger charge is -2.17. The van der Waals surface area contributed by atoms with Crippen molar-refractivity contribution < 1.29 is 24.7 Å². The Morgan fingerprint density at radius 2 is 2.11 bits per heavy atom. The standard InChI is InChI=1S/C10H12N2O6/c1-18-10(15)9(14)8(13)6-3-2-5(12(16)17)4-7(6)11/h2-4,8-9,13-14H,11H2,1H3. The number of non-ortho nitro benzene ring substituents is 1. The molecule has 2 atom stereocenters. The number of nitrogens with zero attached hydrogens (tertiary/aromatic N) is 1. The molecule has 0 fully saturated rings. The molecule has 18 heavy (non-hydrogen) atoms. The van der Waals surface area contributed by atoms with Gasteiger partial charge in [-0.3, -0.25) is 10.1 Å². The van der Waals surface area contributed by atoms with Crippen molar-refractivity contribution in [2.45, 2.75) is 12.2 Å². The highest BCUT2D eigenvalue weighted by atomic mass is 16.6. The molecule has 0 radical (unpaired) electrons. The van der Waals surface area contributed by atoms with Crippen LogP contribution in [0.1, 0.15) is 11.7 Å². The average molecular weight is 256 g/mol. The third-order valence-electron chi connectivity index (χ3n) is 2.34. The van der Waals surface area contributed by atoms with Gasteiger partial charge < -0.3 is 20.7 Å². The monoisotopic (exact) mass is 256 g/mol. The lowest BCUT2D eigenvalue weighted by atomic mass is 10.0. The molecule has 0 saturated heterocycles. The van der Waals surface area contributed by atoms with Gasteiger partial charge in [-0.15, -0.1) is 0 Å². The SMILES string of the molecule is COC(=O)C(O)C(O)c1ccc([N+](=O)[O-])cc1N. The predicted octanol–water partition coefficient (Wildman–Crippen LogP) is -0.256. The Kier molecular flexibility index (Phi) is 4.18. The van der Waals surface area contributed by atoms with E-state index in [9.17, 15) is 25.1 Å². The number of carbonyl (C=O) groups is 1. The second-order valence-corrected chi connectivity index (χ2v) is 3.48. The number of hydrogen-bond donors (Lipinski definition) is 3. The molecule has 4 N–H and O–H groups in total. The van der Waals surface area contributed by atoms with Crippen LogP contribution in [0.15, 0.2) is 18.2 Å². The summed E-state index contributed by atoms with van der Waals surface area (Å²) >= 11 is 0. The zero-order valence-corrected chi connectivity index (χ0v) is 9.44. The zero-order valence-electron chi connectivity index (χ0n) is 9.44. The summed E-state index contributed by atoms with van der Waals surface area (Å²) in [6.45, 7) is 0. The van der Waals surface area contributed by atoms with Gasteiger partial charge in [0.2, 0.25) is 0 Å². The number of anilines is 1. The molecule has 1 rings (SSSR count). The lowest BCUT2D eigenvalue weighted by molar-refractivity contribution is -0.384. The maximum absolute atomic E-state index is 11.0. The highest BCUT2D eigenvalue weighted by Gasteiger charge is 2.28. The minimum Gasteiger partial charge on any atom is -0.467 e. The number of methoxy groups -OCH3 is 1. The second kappa shape index (κ2) is 5.43. The van der Waals surface area contributed by atoms with E-state index in [2.05, 4.69) is 4.74 Å². The highest BCUT2D eigenvalue weighted by molar-refractivity contribution is 5.75. The van der Waals surface area contributed by atoms with Crippen molar-refractivity contribution in [3.63, 3.8) is 0 Å². The number of nitro benzene ring substituents is 1. The normalized spacial score (nSPS) is 13.7. The van der Waals surface area contributed by atoms with E-state index in [1.807, 2.05) is 0 Å².